The first kappa shape index (κ1) is 19.2. The summed E-state index contributed by atoms with van der Waals surface area (Å²) < 4.78 is 41.0. The Morgan fingerprint density at radius 3 is 2.70 bits per heavy atom. The van der Waals surface area contributed by atoms with E-state index < -0.39 is 24.2 Å². The molecule has 144 valence electrons. The second-order valence-corrected chi connectivity index (χ2v) is 7.20. The molecule has 3 heterocycles. The van der Waals surface area contributed by atoms with Crippen LogP contribution < -0.4 is 11.0 Å². The second-order valence-electron chi connectivity index (χ2n) is 6.08. The molecule has 1 N–H and O–H groups in total. The van der Waals surface area contributed by atoms with Gasteiger partial charge in [0.15, 0.2) is 5.65 Å². The summed E-state index contributed by atoms with van der Waals surface area (Å²) in [5.74, 6) is -0.504. The molecule has 0 aliphatic heterocycles. The molecule has 0 saturated heterocycles. The number of hydrogen-bond donors (Lipinski definition) is 1. The Bertz CT molecular complexity index is 1040. The smallest absolute Gasteiger partial charge is 0.330 e. The van der Waals surface area contributed by atoms with Crippen molar-refractivity contribution >= 4 is 28.4 Å². The zero-order valence-corrected chi connectivity index (χ0v) is 15.4. The predicted molar refractivity (Wildman–Crippen MR) is 96.8 cm³/mol. The SMILES string of the molecule is CC(F)CNC(=O)Cn1c(=O)n(C)c2ncc(-c3ccc(C(F)F)s3)cc21. The maximum absolute atomic E-state index is 12.9. The Morgan fingerprint density at radius 2 is 2.07 bits per heavy atom. The number of hydrogen-bond acceptors (Lipinski definition) is 4. The van der Waals surface area contributed by atoms with Gasteiger partial charge in [0.25, 0.3) is 6.43 Å². The minimum atomic E-state index is -2.56. The van der Waals surface area contributed by atoms with Crippen molar-refractivity contribution in [1.82, 2.24) is 19.4 Å². The number of alkyl halides is 3. The van der Waals surface area contributed by atoms with E-state index in [1.54, 1.807) is 12.1 Å². The zero-order valence-electron chi connectivity index (χ0n) is 14.6. The van der Waals surface area contributed by atoms with E-state index >= 15 is 0 Å². The van der Waals surface area contributed by atoms with E-state index in [0.717, 1.165) is 11.3 Å². The normalized spacial score (nSPS) is 12.7. The van der Waals surface area contributed by atoms with E-state index in [9.17, 15) is 22.8 Å². The van der Waals surface area contributed by atoms with Crippen LogP contribution in [0.25, 0.3) is 21.6 Å². The highest BCUT2D eigenvalue weighted by atomic mass is 32.1. The van der Waals surface area contributed by atoms with Crippen LogP contribution in [0, 0.1) is 0 Å². The van der Waals surface area contributed by atoms with Gasteiger partial charge in [-0.25, -0.2) is 22.9 Å². The van der Waals surface area contributed by atoms with Gasteiger partial charge in [-0.3, -0.25) is 13.9 Å². The van der Waals surface area contributed by atoms with Crippen molar-refractivity contribution in [3.05, 3.63) is 39.8 Å². The van der Waals surface area contributed by atoms with E-state index in [4.69, 9.17) is 0 Å². The number of aryl methyl sites for hydroxylation is 1. The average Bonchev–Trinajstić information content (AvgIpc) is 3.20. The van der Waals surface area contributed by atoms with Gasteiger partial charge in [-0.15, -0.1) is 11.3 Å². The predicted octanol–water partition coefficient (Wildman–Crippen LogP) is 2.88. The number of carbonyl (C=O) groups is 1. The van der Waals surface area contributed by atoms with Crippen molar-refractivity contribution in [2.24, 2.45) is 7.05 Å². The lowest BCUT2D eigenvalue weighted by Crippen LogP contribution is -2.35. The van der Waals surface area contributed by atoms with Crippen molar-refractivity contribution in [2.75, 3.05) is 6.54 Å². The molecular weight excluding hydrogens is 381 g/mol. The largest absolute Gasteiger partial charge is 0.352 e. The van der Waals surface area contributed by atoms with Crippen LogP contribution in [-0.2, 0) is 18.4 Å². The van der Waals surface area contributed by atoms with Crippen LogP contribution >= 0.6 is 11.3 Å². The summed E-state index contributed by atoms with van der Waals surface area (Å²) in [6, 6.07) is 4.55. The van der Waals surface area contributed by atoms with Gasteiger partial charge in [-0.1, -0.05) is 0 Å². The fourth-order valence-corrected chi connectivity index (χ4v) is 3.49. The van der Waals surface area contributed by atoms with E-state index in [0.29, 0.717) is 21.6 Å². The van der Waals surface area contributed by atoms with Crippen LogP contribution in [0.5, 0.6) is 0 Å². The molecule has 0 spiro atoms. The van der Waals surface area contributed by atoms with Crippen molar-refractivity contribution < 1.29 is 18.0 Å². The zero-order chi connectivity index (χ0) is 19.7. The topological polar surface area (TPSA) is 68.9 Å². The lowest BCUT2D eigenvalue weighted by molar-refractivity contribution is -0.121. The van der Waals surface area contributed by atoms with Crippen LogP contribution in [-0.4, -0.2) is 32.7 Å². The molecule has 3 rings (SSSR count). The highest BCUT2D eigenvalue weighted by molar-refractivity contribution is 7.15. The maximum Gasteiger partial charge on any atom is 0.330 e. The molecule has 0 aromatic carbocycles. The van der Waals surface area contributed by atoms with Gasteiger partial charge in [-0.05, 0) is 25.1 Å². The van der Waals surface area contributed by atoms with E-state index in [1.165, 1.54) is 35.4 Å². The third kappa shape index (κ3) is 3.90. The van der Waals surface area contributed by atoms with Crippen LogP contribution in [0.15, 0.2) is 29.2 Å². The summed E-state index contributed by atoms with van der Waals surface area (Å²) in [7, 11) is 1.52. The van der Waals surface area contributed by atoms with Crippen LogP contribution in [0.3, 0.4) is 0 Å². The fraction of sp³-hybridized carbons (Fsp3) is 0.353. The molecule has 0 radical (unpaired) electrons. The molecule has 27 heavy (non-hydrogen) atoms. The van der Waals surface area contributed by atoms with Gasteiger partial charge in [0.05, 0.1) is 10.4 Å². The third-order valence-corrected chi connectivity index (χ3v) is 5.12. The number of halogens is 3. The second kappa shape index (κ2) is 7.55. The number of imidazole rings is 1. The molecule has 6 nitrogen and oxygen atoms in total. The molecule has 0 fully saturated rings. The van der Waals surface area contributed by atoms with Gasteiger partial charge < -0.3 is 5.32 Å². The summed E-state index contributed by atoms with van der Waals surface area (Å²) in [6.07, 6.45) is -2.26. The first-order chi connectivity index (χ1) is 12.8. The monoisotopic (exact) mass is 398 g/mol. The Labute approximate surface area is 156 Å². The summed E-state index contributed by atoms with van der Waals surface area (Å²) in [6.45, 7) is 0.878. The van der Waals surface area contributed by atoms with Gasteiger partial charge in [0.2, 0.25) is 5.91 Å². The molecule has 0 bridgehead atoms. The van der Waals surface area contributed by atoms with E-state index in [1.807, 2.05) is 0 Å². The summed E-state index contributed by atoms with van der Waals surface area (Å²) in [5, 5.41) is 2.41. The van der Waals surface area contributed by atoms with Crippen LogP contribution in [0.2, 0.25) is 0 Å². The molecule has 3 aromatic heterocycles. The number of carbonyl (C=O) groups excluding carboxylic acids is 1. The quantitative estimate of drug-likeness (QED) is 0.694. The molecule has 10 heteroatoms. The number of thiophene rings is 1. The summed E-state index contributed by atoms with van der Waals surface area (Å²) in [5.41, 5.74) is 0.880. The fourth-order valence-electron chi connectivity index (χ4n) is 2.64. The highest BCUT2D eigenvalue weighted by Crippen LogP contribution is 2.34. The Hall–Kier alpha value is -2.62. The summed E-state index contributed by atoms with van der Waals surface area (Å²) in [4.78, 5) is 29.2. The van der Waals surface area contributed by atoms with Crippen molar-refractivity contribution in [3.63, 3.8) is 0 Å². The molecule has 0 saturated carbocycles. The van der Waals surface area contributed by atoms with Gasteiger partial charge >= 0.3 is 5.69 Å². The number of aromatic nitrogens is 3. The summed E-state index contributed by atoms with van der Waals surface area (Å²) >= 11 is 0.940. The van der Waals surface area contributed by atoms with Gasteiger partial charge in [0.1, 0.15) is 12.7 Å². The molecule has 1 amide bonds. The van der Waals surface area contributed by atoms with Crippen LogP contribution in [0.1, 0.15) is 18.2 Å². The first-order valence-corrected chi connectivity index (χ1v) is 8.94. The van der Waals surface area contributed by atoms with Gasteiger partial charge in [0, 0.05) is 30.2 Å². The van der Waals surface area contributed by atoms with Crippen molar-refractivity contribution in [3.8, 4) is 10.4 Å². The molecule has 1 unspecified atom stereocenters. The Balaban J connectivity index is 1.99. The molecule has 0 aliphatic carbocycles. The van der Waals surface area contributed by atoms with Crippen molar-refractivity contribution in [1.29, 1.82) is 0 Å². The Kier molecular flexibility index (Phi) is 5.36. The van der Waals surface area contributed by atoms with E-state index in [-0.39, 0.29) is 18.0 Å². The number of nitrogens with zero attached hydrogens (tertiary/aromatic N) is 3. The number of amides is 1. The standard InChI is InChI=1S/C17H17F3N4O2S/c1-9(18)6-21-14(25)8-24-11-5-10(7-22-16(11)23(2)17(24)26)12-3-4-13(27-12)15(19)20/h3-5,7,9,15H,6,8H2,1-2H3,(H,21,25). The molecule has 1 atom stereocenters. The minimum Gasteiger partial charge on any atom is -0.352 e. The molecule has 0 aliphatic rings. The first-order valence-electron chi connectivity index (χ1n) is 8.12. The Morgan fingerprint density at radius 1 is 1.33 bits per heavy atom. The highest BCUT2D eigenvalue weighted by Gasteiger charge is 2.17. The van der Waals surface area contributed by atoms with Gasteiger partial charge in [-0.2, -0.15) is 0 Å². The van der Waals surface area contributed by atoms with E-state index in [2.05, 4.69) is 10.3 Å². The maximum atomic E-state index is 12.9. The third-order valence-electron chi connectivity index (χ3n) is 3.98. The number of rotatable bonds is 6. The van der Waals surface area contributed by atoms with Crippen molar-refractivity contribution in [2.45, 2.75) is 26.1 Å². The number of fused-ring (bicyclic) bond motifs is 1. The van der Waals surface area contributed by atoms with Crippen LogP contribution in [0.4, 0.5) is 13.2 Å². The number of nitrogens with one attached hydrogen (secondary N) is 1. The lowest BCUT2D eigenvalue weighted by Gasteiger charge is -2.07. The lowest BCUT2D eigenvalue weighted by atomic mass is 10.2. The molecule has 3 aromatic rings. The number of pyridine rings is 1. The minimum absolute atomic E-state index is 0.0599. The average molecular weight is 398 g/mol. The molecular formula is C17H17F3N4O2S.